The van der Waals surface area contributed by atoms with E-state index >= 15 is 0 Å². The third-order valence-corrected chi connectivity index (χ3v) is 5.23. The monoisotopic (exact) mass is 385 g/mol. The molecule has 0 bridgehead atoms. The summed E-state index contributed by atoms with van der Waals surface area (Å²) in [4.78, 5) is 15.9. The minimum Gasteiger partial charge on any atom is -0.369 e. The van der Waals surface area contributed by atoms with Crippen molar-refractivity contribution in [3.63, 3.8) is 0 Å². The van der Waals surface area contributed by atoms with Crippen molar-refractivity contribution in [3.05, 3.63) is 40.7 Å². The van der Waals surface area contributed by atoms with E-state index in [9.17, 15) is 0 Å². The van der Waals surface area contributed by atoms with Gasteiger partial charge in [0.05, 0.1) is 17.1 Å². The van der Waals surface area contributed by atoms with Gasteiger partial charge in [-0.05, 0) is 47.3 Å². The summed E-state index contributed by atoms with van der Waals surface area (Å²) >= 11 is 3.46. The molecule has 1 aliphatic heterocycles. The van der Waals surface area contributed by atoms with Crippen molar-refractivity contribution >= 4 is 32.7 Å². The summed E-state index contributed by atoms with van der Waals surface area (Å²) in [5.41, 5.74) is 2.96. The van der Waals surface area contributed by atoms with Gasteiger partial charge in [0.25, 0.3) is 0 Å². The molecule has 1 unspecified atom stereocenters. The Hall–Kier alpha value is -2.02. The first-order chi connectivity index (χ1) is 11.8. The molecule has 3 aromatic heterocycles. The highest BCUT2D eigenvalue weighted by atomic mass is 79.9. The SMILES string of the molecule is Brc1cnc2c(N3CCC(c4nc(C5CC5)no4)C3)ccnc2c1. The van der Waals surface area contributed by atoms with E-state index in [1.165, 1.54) is 12.8 Å². The fourth-order valence-electron chi connectivity index (χ4n) is 3.35. The highest BCUT2D eigenvalue weighted by Gasteiger charge is 2.33. The van der Waals surface area contributed by atoms with Gasteiger partial charge in [-0.3, -0.25) is 9.97 Å². The molecule has 0 radical (unpaired) electrons. The molecule has 0 amide bonds. The zero-order valence-corrected chi connectivity index (χ0v) is 14.6. The molecule has 0 N–H and O–H groups in total. The summed E-state index contributed by atoms with van der Waals surface area (Å²) in [7, 11) is 0. The van der Waals surface area contributed by atoms with Crippen LogP contribution < -0.4 is 4.90 Å². The molecule has 2 fully saturated rings. The van der Waals surface area contributed by atoms with E-state index in [0.29, 0.717) is 11.8 Å². The van der Waals surface area contributed by atoms with Crippen molar-refractivity contribution < 1.29 is 4.52 Å². The molecular formula is C17H16BrN5O. The van der Waals surface area contributed by atoms with E-state index in [2.05, 4.69) is 40.9 Å². The fourth-order valence-corrected chi connectivity index (χ4v) is 3.67. The standard InChI is InChI=1S/C17H16BrN5O/c18-12-7-13-15(20-8-12)14(3-5-19-13)23-6-4-11(9-23)17-21-16(22-24-17)10-1-2-10/h3,5,7-8,10-11H,1-2,4,6,9H2. The lowest BCUT2D eigenvalue weighted by Gasteiger charge is -2.19. The average molecular weight is 386 g/mol. The molecule has 7 heteroatoms. The Labute approximate surface area is 147 Å². The predicted octanol–water partition coefficient (Wildman–Crippen LogP) is 3.65. The van der Waals surface area contributed by atoms with Crippen molar-refractivity contribution in [1.82, 2.24) is 20.1 Å². The lowest BCUT2D eigenvalue weighted by atomic mass is 10.1. The molecule has 4 heterocycles. The summed E-state index contributed by atoms with van der Waals surface area (Å²) in [5.74, 6) is 2.51. The van der Waals surface area contributed by atoms with Crippen LogP contribution in [0.25, 0.3) is 11.0 Å². The number of pyridine rings is 2. The summed E-state index contributed by atoms with van der Waals surface area (Å²) in [6, 6.07) is 4.04. The number of rotatable bonds is 3. The molecule has 1 saturated heterocycles. The van der Waals surface area contributed by atoms with Crippen LogP contribution in [0.15, 0.2) is 33.5 Å². The molecule has 122 valence electrons. The van der Waals surface area contributed by atoms with Crippen molar-refractivity contribution in [2.24, 2.45) is 0 Å². The van der Waals surface area contributed by atoms with E-state index in [0.717, 1.165) is 52.4 Å². The van der Waals surface area contributed by atoms with E-state index in [1.807, 2.05) is 24.5 Å². The molecule has 0 aromatic carbocycles. The number of hydrogen-bond acceptors (Lipinski definition) is 6. The molecule has 1 saturated carbocycles. The Morgan fingerprint density at radius 1 is 1.17 bits per heavy atom. The van der Waals surface area contributed by atoms with Crippen molar-refractivity contribution in [1.29, 1.82) is 0 Å². The maximum atomic E-state index is 5.52. The van der Waals surface area contributed by atoms with E-state index in [4.69, 9.17) is 4.52 Å². The van der Waals surface area contributed by atoms with Gasteiger partial charge in [-0.15, -0.1) is 0 Å². The predicted molar refractivity (Wildman–Crippen MR) is 93.1 cm³/mol. The highest BCUT2D eigenvalue weighted by Crippen LogP contribution is 2.39. The topological polar surface area (TPSA) is 67.9 Å². The molecule has 5 rings (SSSR count). The largest absolute Gasteiger partial charge is 0.369 e. The quantitative estimate of drug-likeness (QED) is 0.685. The van der Waals surface area contributed by atoms with Crippen LogP contribution in [0.4, 0.5) is 5.69 Å². The van der Waals surface area contributed by atoms with Gasteiger partial charge in [-0.25, -0.2) is 0 Å². The van der Waals surface area contributed by atoms with Crippen LogP contribution in [0.2, 0.25) is 0 Å². The molecule has 6 nitrogen and oxygen atoms in total. The van der Waals surface area contributed by atoms with Crippen molar-refractivity contribution in [2.75, 3.05) is 18.0 Å². The van der Waals surface area contributed by atoms with Crippen molar-refractivity contribution in [2.45, 2.75) is 31.1 Å². The third kappa shape index (κ3) is 2.47. The molecule has 24 heavy (non-hydrogen) atoms. The maximum Gasteiger partial charge on any atom is 0.231 e. The minimum atomic E-state index is 0.295. The number of nitrogens with zero attached hydrogens (tertiary/aromatic N) is 5. The Morgan fingerprint density at radius 3 is 2.96 bits per heavy atom. The van der Waals surface area contributed by atoms with Crippen LogP contribution in [0.5, 0.6) is 0 Å². The summed E-state index contributed by atoms with van der Waals surface area (Å²) < 4.78 is 6.46. The first kappa shape index (κ1) is 14.3. The Morgan fingerprint density at radius 2 is 2.08 bits per heavy atom. The van der Waals surface area contributed by atoms with E-state index < -0.39 is 0 Å². The second kappa shape index (κ2) is 5.51. The van der Waals surface area contributed by atoms with Gasteiger partial charge >= 0.3 is 0 Å². The van der Waals surface area contributed by atoms with Crippen LogP contribution in [-0.2, 0) is 0 Å². The minimum absolute atomic E-state index is 0.295. The average Bonchev–Trinajstić information content (AvgIpc) is 3.13. The van der Waals surface area contributed by atoms with E-state index in [-0.39, 0.29) is 0 Å². The Balaban J connectivity index is 1.42. The molecule has 3 aromatic rings. The smallest absolute Gasteiger partial charge is 0.231 e. The molecule has 1 aliphatic carbocycles. The van der Waals surface area contributed by atoms with Crippen LogP contribution in [0.1, 0.15) is 42.8 Å². The van der Waals surface area contributed by atoms with Gasteiger partial charge in [-0.1, -0.05) is 5.16 Å². The van der Waals surface area contributed by atoms with Gasteiger partial charge in [0.2, 0.25) is 5.89 Å². The third-order valence-electron chi connectivity index (χ3n) is 4.80. The first-order valence-electron chi connectivity index (χ1n) is 8.26. The zero-order valence-electron chi connectivity index (χ0n) is 13.0. The molecule has 1 atom stereocenters. The van der Waals surface area contributed by atoms with Crippen LogP contribution in [-0.4, -0.2) is 33.2 Å². The van der Waals surface area contributed by atoms with Gasteiger partial charge in [0.15, 0.2) is 5.82 Å². The number of halogens is 1. The maximum absolute atomic E-state index is 5.52. The summed E-state index contributed by atoms with van der Waals surface area (Å²) in [6.45, 7) is 1.84. The lowest BCUT2D eigenvalue weighted by Crippen LogP contribution is -2.20. The van der Waals surface area contributed by atoms with Crippen molar-refractivity contribution in [3.8, 4) is 0 Å². The number of anilines is 1. The number of hydrogen-bond donors (Lipinski definition) is 0. The van der Waals surface area contributed by atoms with Gasteiger partial charge in [0, 0.05) is 35.9 Å². The second-order valence-corrected chi connectivity index (χ2v) is 7.46. The molecular weight excluding hydrogens is 370 g/mol. The van der Waals surface area contributed by atoms with Gasteiger partial charge in [0.1, 0.15) is 5.52 Å². The van der Waals surface area contributed by atoms with Gasteiger partial charge in [-0.2, -0.15) is 4.98 Å². The first-order valence-corrected chi connectivity index (χ1v) is 9.06. The van der Waals surface area contributed by atoms with Crippen LogP contribution in [0.3, 0.4) is 0 Å². The highest BCUT2D eigenvalue weighted by molar-refractivity contribution is 9.10. The van der Waals surface area contributed by atoms with Gasteiger partial charge < -0.3 is 9.42 Å². The normalized spacial score (nSPS) is 20.9. The Bertz CT molecular complexity index is 907. The number of fused-ring (bicyclic) bond motifs is 1. The van der Waals surface area contributed by atoms with Crippen LogP contribution >= 0.6 is 15.9 Å². The summed E-state index contributed by atoms with van der Waals surface area (Å²) in [5, 5.41) is 4.15. The van der Waals surface area contributed by atoms with Crippen LogP contribution in [0, 0.1) is 0 Å². The summed E-state index contributed by atoms with van der Waals surface area (Å²) in [6.07, 6.45) is 7.07. The fraction of sp³-hybridized carbons (Fsp3) is 0.412. The molecule has 0 spiro atoms. The zero-order chi connectivity index (χ0) is 16.1. The van der Waals surface area contributed by atoms with E-state index in [1.54, 1.807) is 0 Å². The number of aromatic nitrogens is 4. The lowest BCUT2D eigenvalue weighted by molar-refractivity contribution is 0.355. The second-order valence-electron chi connectivity index (χ2n) is 6.55. The molecule has 2 aliphatic rings. The Kier molecular flexibility index (Phi) is 3.29.